The van der Waals surface area contributed by atoms with Crippen molar-refractivity contribution in [2.75, 3.05) is 22.9 Å². The lowest BCUT2D eigenvalue weighted by atomic mass is 10.2. The van der Waals surface area contributed by atoms with Gasteiger partial charge in [0.15, 0.2) is 0 Å². The fourth-order valence-corrected chi connectivity index (χ4v) is 11.3. The van der Waals surface area contributed by atoms with Crippen LogP contribution >= 0.6 is 31.9 Å². The second kappa shape index (κ2) is 14.1. The van der Waals surface area contributed by atoms with Gasteiger partial charge in [-0.05, 0) is 70.4 Å². The molecule has 2 saturated heterocycles. The third-order valence-corrected chi connectivity index (χ3v) is 14.4. The highest BCUT2D eigenvalue weighted by atomic mass is 79.9. The van der Waals surface area contributed by atoms with Crippen LogP contribution in [0.3, 0.4) is 0 Å². The number of hydrogen-bond acceptors (Lipinski definition) is 4. The molecule has 234 valence electrons. The van der Waals surface area contributed by atoms with Gasteiger partial charge in [0.1, 0.15) is 12.2 Å². The lowest BCUT2D eigenvalue weighted by Gasteiger charge is -2.44. The van der Waals surface area contributed by atoms with Gasteiger partial charge in [-0.3, -0.25) is 9.59 Å². The number of nitrogens with zero attached hydrogens (tertiary/aromatic N) is 2. The molecule has 6 nitrogen and oxygen atoms in total. The average molecular weight is 751 g/mol. The van der Waals surface area contributed by atoms with E-state index in [1.807, 2.05) is 65.6 Å². The minimum absolute atomic E-state index is 0.0512. The van der Waals surface area contributed by atoms with Crippen LogP contribution in [0.1, 0.15) is 33.6 Å². The fraction of sp³-hybridized carbons (Fsp3) is 0.278. The smallest absolute Gasteiger partial charge is 0.262 e. The van der Waals surface area contributed by atoms with E-state index >= 15 is 0 Å². The van der Waals surface area contributed by atoms with Gasteiger partial charge in [0, 0.05) is 39.8 Å². The summed E-state index contributed by atoms with van der Waals surface area (Å²) in [6.45, 7) is 7.99. The van der Waals surface area contributed by atoms with E-state index in [9.17, 15) is 14.7 Å². The molecule has 1 N–H and O–H groups in total. The van der Waals surface area contributed by atoms with Crippen molar-refractivity contribution in [1.82, 2.24) is 0 Å². The lowest BCUT2D eigenvalue weighted by molar-refractivity contribution is -0.124. The number of rotatable bonds is 6. The number of amides is 2. The molecule has 45 heavy (non-hydrogen) atoms. The predicted octanol–water partition coefficient (Wildman–Crippen LogP) is 6.68. The van der Waals surface area contributed by atoms with E-state index in [0.29, 0.717) is 25.9 Å². The van der Waals surface area contributed by atoms with Crippen LogP contribution in [0.5, 0.6) is 0 Å². The van der Waals surface area contributed by atoms with Crippen molar-refractivity contribution in [3.05, 3.63) is 118 Å². The number of aliphatic hydroxyl groups is 1. The molecular weight excluding hydrogens is 712 g/mol. The zero-order chi connectivity index (χ0) is 32.2. The molecule has 0 unspecified atom stereocenters. The summed E-state index contributed by atoms with van der Waals surface area (Å²) in [6, 6.07) is 36.4. The van der Waals surface area contributed by atoms with Gasteiger partial charge < -0.3 is 19.3 Å². The number of benzene rings is 4. The standard InChI is InChI=1S/C26H28BrNO2Si.C10H10BrNO2/c1-26(2,3)31(22-10-6-4-7-11-22,23-12-8-5-9-13-23)30-24-18-19-28(25(24)29)21-16-14-20(27)15-17-21;11-7-1-3-8(4-2-7)12-6-5-9(13)10(12)14/h4-17,24H,18-19H2,1-3H3;1-4,9,13H,5-6H2/t24-;9-/m00/s1. The highest BCUT2D eigenvalue weighted by Crippen LogP contribution is 2.39. The fourth-order valence-electron chi connectivity index (χ4n) is 6.09. The van der Waals surface area contributed by atoms with Crippen molar-refractivity contribution in [3.8, 4) is 0 Å². The van der Waals surface area contributed by atoms with Crippen molar-refractivity contribution < 1.29 is 19.1 Å². The zero-order valence-electron chi connectivity index (χ0n) is 25.7. The van der Waals surface area contributed by atoms with Crippen molar-refractivity contribution in [2.24, 2.45) is 0 Å². The van der Waals surface area contributed by atoms with Gasteiger partial charge in [0.05, 0.1) is 0 Å². The molecule has 0 aromatic heterocycles. The van der Waals surface area contributed by atoms with E-state index in [2.05, 4.69) is 101 Å². The van der Waals surface area contributed by atoms with Crippen molar-refractivity contribution >= 4 is 73.7 Å². The number of anilines is 2. The first kappa shape index (κ1) is 33.3. The Labute approximate surface area is 283 Å². The van der Waals surface area contributed by atoms with Crippen molar-refractivity contribution in [2.45, 2.75) is 50.9 Å². The molecule has 9 heteroatoms. The van der Waals surface area contributed by atoms with Crippen LogP contribution in [0, 0.1) is 0 Å². The predicted molar refractivity (Wildman–Crippen MR) is 191 cm³/mol. The Morgan fingerprint density at radius 2 is 1.09 bits per heavy atom. The first-order valence-corrected chi connectivity index (χ1v) is 18.6. The number of halogens is 2. The van der Waals surface area contributed by atoms with Crippen LogP contribution in [0.25, 0.3) is 0 Å². The molecule has 4 aromatic rings. The zero-order valence-corrected chi connectivity index (χ0v) is 29.9. The van der Waals surface area contributed by atoms with E-state index in [4.69, 9.17) is 4.43 Å². The normalized spacial score (nSPS) is 18.6. The number of hydrogen-bond donors (Lipinski definition) is 1. The minimum atomic E-state index is -2.75. The highest BCUT2D eigenvalue weighted by molar-refractivity contribution is 9.10. The first-order valence-electron chi connectivity index (χ1n) is 15.1. The van der Waals surface area contributed by atoms with Crippen LogP contribution in [0.15, 0.2) is 118 Å². The van der Waals surface area contributed by atoms with Crippen LogP contribution in [0.2, 0.25) is 5.04 Å². The molecule has 6 rings (SSSR count). The summed E-state index contributed by atoms with van der Waals surface area (Å²) < 4.78 is 9.04. The Bertz CT molecular complexity index is 1560. The van der Waals surface area contributed by atoms with E-state index in [-0.39, 0.29) is 16.9 Å². The first-order chi connectivity index (χ1) is 21.5. The Morgan fingerprint density at radius 3 is 1.49 bits per heavy atom. The molecule has 2 fully saturated rings. The second-order valence-electron chi connectivity index (χ2n) is 12.3. The van der Waals surface area contributed by atoms with Crippen LogP contribution in [-0.2, 0) is 14.0 Å². The van der Waals surface area contributed by atoms with Crippen molar-refractivity contribution in [3.63, 3.8) is 0 Å². The molecular formula is C36H38Br2N2O4Si. The number of aliphatic hydroxyl groups excluding tert-OH is 1. The van der Waals surface area contributed by atoms with Crippen LogP contribution < -0.4 is 20.2 Å². The number of carbonyl (C=O) groups excluding carboxylic acids is 2. The highest BCUT2D eigenvalue weighted by Gasteiger charge is 2.53. The summed E-state index contributed by atoms with van der Waals surface area (Å²) in [5.74, 6) is -0.150. The lowest BCUT2D eigenvalue weighted by Crippen LogP contribution is -2.68. The summed E-state index contributed by atoms with van der Waals surface area (Å²) in [5.41, 5.74) is 1.76. The molecule has 0 spiro atoms. The van der Waals surface area contributed by atoms with Crippen LogP contribution in [-0.4, -0.2) is 50.5 Å². The molecule has 0 bridgehead atoms. The topological polar surface area (TPSA) is 70.1 Å². The third-order valence-electron chi connectivity index (χ3n) is 8.35. The molecule has 2 aliphatic heterocycles. The average Bonchev–Trinajstić information content (AvgIpc) is 3.57. The van der Waals surface area contributed by atoms with Gasteiger partial charge in [-0.2, -0.15) is 0 Å². The molecule has 2 atom stereocenters. The summed E-state index contributed by atoms with van der Waals surface area (Å²) >= 11 is 6.80. The van der Waals surface area contributed by atoms with E-state index < -0.39 is 20.5 Å². The quantitative estimate of drug-likeness (QED) is 0.224. The van der Waals surface area contributed by atoms with E-state index in [1.54, 1.807) is 4.90 Å². The Kier molecular flexibility index (Phi) is 10.5. The molecule has 2 aliphatic rings. The molecule has 0 aliphatic carbocycles. The molecule has 4 aromatic carbocycles. The van der Waals surface area contributed by atoms with Gasteiger partial charge in [-0.15, -0.1) is 0 Å². The Balaban J connectivity index is 0.000000238. The summed E-state index contributed by atoms with van der Waals surface area (Å²) in [4.78, 5) is 28.4. The van der Waals surface area contributed by atoms with E-state index in [0.717, 1.165) is 20.3 Å². The number of carbonyl (C=O) groups is 2. The van der Waals surface area contributed by atoms with Crippen LogP contribution in [0.4, 0.5) is 11.4 Å². The minimum Gasteiger partial charge on any atom is -0.395 e. The molecule has 0 radical (unpaired) electrons. The maximum Gasteiger partial charge on any atom is 0.262 e. The second-order valence-corrected chi connectivity index (χ2v) is 18.4. The van der Waals surface area contributed by atoms with Gasteiger partial charge in [0.2, 0.25) is 0 Å². The maximum atomic E-state index is 13.5. The SMILES string of the molecule is CC(C)(C)[Si](O[C@H]1CCN(c2ccc(Br)cc2)C1=O)(c1ccccc1)c1ccccc1.O=C1[C@@H](O)CCN1c1ccc(Br)cc1. The Morgan fingerprint density at radius 1 is 0.667 bits per heavy atom. The van der Waals surface area contributed by atoms with Gasteiger partial charge >= 0.3 is 0 Å². The van der Waals surface area contributed by atoms with Crippen molar-refractivity contribution in [1.29, 1.82) is 0 Å². The molecule has 2 amide bonds. The van der Waals surface area contributed by atoms with Gasteiger partial charge in [-0.1, -0.05) is 113 Å². The monoisotopic (exact) mass is 748 g/mol. The maximum absolute atomic E-state index is 13.5. The summed E-state index contributed by atoms with van der Waals surface area (Å²) in [6.07, 6.45) is -0.0533. The third kappa shape index (κ3) is 7.18. The van der Waals surface area contributed by atoms with Gasteiger partial charge in [-0.25, -0.2) is 0 Å². The summed E-state index contributed by atoms with van der Waals surface area (Å²) in [7, 11) is -2.75. The molecule has 2 heterocycles. The van der Waals surface area contributed by atoms with Gasteiger partial charge in [0.25, 0.3) is 20.1 Å². The van der Waals surface area contributed by atoms with E-state index in [1.165, 1.54) is 10.4 Å². The largest absolute Gasteiger partial charge is 0.395 e. The Hall–Kier alpha value is -3.08. The molecule has 0 saturated carbocycles. The summed E-state index contributed by atoms with van der Waals surface area (Å²) in [5, 5.41) is 11.5.